The van der Waals surface area contributed by atoms with Gasteiger partial charge >= 0.3 is 0 Å². The number of ketones is 1. The van der Waals surface area contributed by atoms with Crippen LogP contribution in [0.15, 0.2) is 0 Å². The van der Waals surface area contributed by atoms with Crippen molar-refractivity contribution < 1.29 is 4.79 Å². The molecule has 0 aromatic rings. The Bertz CT molecular complexity index is 239. The van der Waals surface area contributed by atoms with E-state index < -0.39 is 0 Å². The molecule has 0 aromatic heterocycles. The molecule has 3 atom stereocenters. The van der Waals surface area contributed by atoms with Crippen LogP contribution in [0.5, 0.6) is 0 Å². The van der Waals surface area contributed by atoms with Crippen molar-refractivity contribution in [3.05, 3.63) is 0 Å². The zero-order valence-electron chi connectivity index (χ0n) is 12.3. The van der Waals surface area contributed by atoms with Crippen LogP contribution in [-0.4, -0.2) is 12.3 Å². The molecule has 0 aliphatic heterocycles. The maximum atomic E-state index is 12.4. The van der Waals surface area contributed by atoms with Crippen LogP contribution in [0.2, 0.25) is 0 Å². The van der Waals surface area contributed by atoms with E-state index in [1.54, 1.807) is 0 Å². The van der Waals surface area contributed by atoms with Crippen LogP contribution >= 0.6 is 0 Å². The van der Waals surface area contributed by atoms with Gasteiger partial charge in [-0.25, -0.2) is 0 Å². The van der Waals surface area contributed by atoms with E-state index in [1.807, 2.05) is 0 Å². The molecule has 1 aliphatic rings. The van der Waals surface area contributed by atoms with Gasteiger partial charge in [-0.05, 0) is 31.2 Å². The Morgan fingerprint density at radius 1 is 1.28 bits per heavy atom. The molecule has 0 amide bonds. The lowest BCUT2D eigenvalue weighted by atomic mass is 9.74. The highest BCUT2D eigenvalue weighted by molar-refractivity contribution is 5.81. The van der Waals surface area contributed by atoms with Crippen LogP contribution in [0.3, 0.4) is 0 Å². The fourth-order valence-corrected chi connectivity index (χ4v) is 3.29. The van der Waals surface area contributed by atoms with E-state index in [0.29, 0.717) is 24.2 Å². The van der Waals surface area contributed by atoms with E-state index in [-0.39, 0.29) is 5.92 Å². The van der Waals surface area contributed by atoms with Gasteiger partial charge in [0.25, 0.3) is 0 Å². The Kier molecular flexibility index (Phi) is 7.57. The van der Waals surface area contributed by atoms with Gasteiger partial charge < -0.3 is 5.73 Å². The maximum Gasteiger partial charge on any atom is 0.136 e. The number of unbranched alkanes of at least 4 members (excludes halogenated alkanes) is 1. The van der Waals surface area contributed by atoms with E-state index in [1.165, 1.54) is 38.5 Å². The second kappa shape index (κ2) is 8.68. The summed E-state index contributed by atoms with van der Waals surface area (Å²) in [6.45, 7) is 5.14. The molecule has 1 aliphatic carbocycles. The van der Waals surface area contributed by atoms with Gasteiger partial charge in [0.05, 0.1) is 0 Å². The first kappa shape index (κ1) is 15.7. The molecule has 2 nitrogen and oxygen atoms in total. The molecule has 2 N–H and O–H groups in total. The molecule has 0 heterocycles. The van der Waals surface area contributed by atoms with Crippen LogP contribution in [0.25, 0.3) is 0 Å². The van der Waals surface area contributed by atoms with Gasteiger partial charge in [0.2, 0.25) is 0 Å². The van der Waals surface area contributed by atoms with E-state index in [4.69, 9.17) is 5.73 Å². The molecular formula is C16H31NO. The summed E-state index contributed by atoms with van der Waals surface area (Å²) in [5, 5.41) is 0. The normalized spacial score (nSPS) is 25.9. The number of carbonyl (C=O) groups excluding carboxylic acids is 1. The highest BCUT2D eigenvalue weighted by atomic mass is 16.1. The van der Waals surface area contributed by atoms with Gasteiger partial charge in [0.1, 0.15) is 5.78 Å². The second-order valence-corrected chi connectivity index (χ2v) is 5.97. The van der Waals surface area contributed by atoms with Crippen LogP contribution in [0.4, 0.5) is 0 Å². The Morgan fingerprint density at radius 3 is 2.61 bits per heavy atom. The number of carbonyl (C=O) groups is 1. The van der Waals surface area contributed by atoms with Gasteiger partial charge in [0.15, 0.2) is 0 Å². The van der Waals surface area contributed by atoms with Crippen LogP contribution < -0.4 is 5.73 Å². The van der Waals surface area contributed by atoms with Crippen molar-refractivity contribution in [3.8, 4) is 0 Å². The summed E-state index contributed by atoms with van der Waals surface area (Å²) < 4.78 is 0. The topological polar surface area (TPSA) is 43.1 Å². The van der Waals surface area contributed by atoms with Crippen molar-refractivity contribution in [2.45, 2.75) is 71.6 Å². The van der Waals surface area contributed by atoms with Gasteiger partial charge in [-0.15, -0.1) is 0 Å². The van der Waals surface area contributed by atoms with Crippen LogP contribution in [0.1, 0.15) is 71.6 Å². The minimum atomic E-state index is 0.277. The summed E-state index contributed by atoms with van der Waals surface area (Å²) in [6.07, 6.45) is 10.4. The molecule has 0 aromatic carbocycles. The van der Waals surface area contributed by atoms with E-state index in [2.05, 4.69) is 13.8 Å². The highest BCUT2D eigenvalue weighted by Crippen LogP contribution is 2.32. The Labute approximate surface area is 113 Å². The lowest BCUT2D eigenvalue weighted by molar-refractivity contribution is -0.126. The SMILES string of the molecule is CCCCC(CC)CC(=O)C1CCCCC1CN. The first-order chi connectivity index (χ1) is 8.72. The molecule has 0 radical (unpaired) electrons. The zero-order chi connectivity index (χ0) is 13.4. The molecule has 0 spiro atoms. The summed E-state index contributed by atoms with van der Waals surface area (Å²) in [5.74, 6) is 1.86. The van der Waals surface area contributed by atoms with Crippen LogP contribution in [0, 0.1) is 17.8 Å². The molecule has 0 bridgehead atoms. The number of rotatable bonds is 8. The fraction of sp³-hybridized carbons (Fsp3) is 0.938. The van der Waals surface area contributed by atoms with Gasteiger partial charge in [0, 0.05) is 12.3 Å². The van der Waals surface area contributed by atoms with Crippen LogP contribution in [-0.2, 0) is 4.79 Å². The third-order valence-corrected chi connectivity index (χ3v) is 4.66. The van der Waals surface area contributed by atoms with E-state index in [9.17, 15) is 4.79 Å². The summed E-state index contributed by atoms with van der Waals surface area (Å²) in [7, 11) is 0. The largest absolute Gasteiger partial charge is 0.330 e. The maximum absolute atomic E-state index is 12.4. The summed E-state index contributed by atoms with van der Waals surface area (Å²) in [6, 6.07) is 0. The fourth-order valence-electron chi connectivity index (χ4n) is 3.29. The van der Waals surface area contributed by atoms with Crippen molar-refractivity contribution in [3.63, 3.8) is 0 Å². The molecule has 2 heteroatoms. The molecule has 1 saturated carbocycles. The minimum Gasteiger partial charge on any atom is -0.330 e. The monoisotopic (exact) mass is 253 g/mol. The standard InChI is InChI=1S/C16H31NO/c1-3-5-8-13(4-2)11-16(18)15-10-7-6-9-14(15)12-17/h13-15H,3-12,17H2,1-2H3. The summed E-state index contributed by atoms with van der Waals surface area (Å²) in [5.41, 5.74) is 5.82. The smallest absolute Gasteiger partial charge is 0.136 e. The van der Waals surface area contributed by atoms with Crippen molar-refractivity contribution >= 4 is 5.78 Å². The van der Waals surface area contributed by atoms with Gasteiger partial charge in [-0.1, -0.05) is 52.4 Å². The number of hydrogen-bond acceptors (Lipinski definition) is 2. The number of nitrogens with two attached hydrogens (primary N) is 1. The van der Waals surface area contributed by atoms with Crippen molar-refractivity contribution in [2.24, 2.45) is 23.5 Å². The number of hydrogen-bond donors (Lipinski definition) is 1. The predicted octanol–water partition coefficient (Wildman–Crippen LogP) is 3.93. The third-order valence-electron chi connectivity index (χ3n) is 4.66. The predicted molar refractivity (Wildman–Crippen MR) is 77.4 cm³/mol. The Balaban J connectivity index is 2.45. The number of Topliss-reactive ketones (excluding diaryl/α,β-unsaturated/α-hetero) is 1. The van der Waals surface area contributed by atoms with E-state index >= 15 is 0 Å². The quantitative estimate of drug-likeness (QED) is 0.712. The lowest BCUT2D eigenvalue weighted by Gasteiger charge is -2.30. The Morgan fingerprint density at radius 2 is 2.00 bits per heavy atom. The average Bonchev–Trinajstić information content (AvgIpc) is 2.43. The van der Waals surface area contributed by atoms with Gasteiger partial charge in [-0.3, -0.25) is 4.79 Å². The zero-order valence-corrected chi connectivity index (χ0v) is 12.3. The summed E-state index contributed by atoms with van der Waals surface area (Å²) >= 11 is 0. The molecule has 106 valence electrons. The average molecular weight is 253 g/mol. The van der Waals surface area contributed by atoms with E-state index in [0.717, 1.165) is 19.3 Å². The van der Waals surface area contributed by atoms with Crippen molar-refractivity contribution in [1.29, 1.82) is 0 Å². The second-order valence-electron chi connectivity index (χ2n) is 5.97. The Hall–Kier alpha value is -0.370. The van der Waals surface area contributed by atoms with Crippen molar-refractivity contribution in [2.75, 3.05) is 6.54 Å². The molecule has 18 heavy (non-hydrogen) atoms. The third kappa shape index (κ3) is 4.72. The molecule has 1 fully saturated rings. The minimum absolute atomic E-state index is 0.277. The lowest BCUT2D eigenvalue weighted by Crippen LogP contribution is -2.33. The molecule has 0 saturated heterocycles. The first-order valence-electron chi connectivity index (χ1n) is 7.95. The van der Waals surface area contributed by atoms with Crippen molar-refractivity contribution in [1.82, 2.24) is 0 Å². The first-order valence-corrected chi connectivity index (χ1v) is 7.95. The highest BCUT2D eigenvalue weighted by Gasteiger charge is 2.30. The summed E-state index contributed by atoms with van der Waals surface area (Å²) in [4.78, 5) is 12.4. The van der Waals surface area contributed by atoms with Gasteiger partial charge in [-0.2, -0.15) is 0 Å². The molecule has 1 rings (SSSR count). The molecular weight excluding hydrogens is 222 g/mol. The molecule has 3 unspecified atom stereocenters.